The number of hydrogen-bond donors (Lipinski definition) is 0. The summed E-state index contributed by atoms with van der Waals surface area (Å²) in [5.74, 6) is 1.00. The summed E-state index contributed by atoms with van der Waals surface area (Å²) in [5, 5.41) is 0. The molecule has 1 spiro atoms. The van der Waals surface area contributed by atoms with Crippen LogP contribution in [0.5, 0.6) is 0 Å². The number of amides is 1. The third-order valence-electron chi connectivity index (χ3n) is 6.10. The fourth-order valence-electron chi connectivity index (χ4n) is 4.78. The first kappa shape index (κ1) is 17.0. The summed E-state index contributed by atoms with van der Waals surface area (Å²) in [6, 6.07) is 6.06. The Labute approximate surface area is 150 Å². The molecule has 0 N–H and O–H groups in total. The molecule has 2 atom stereocenters. The average Bonchev–Trinajstić information content (AvgIpc) is 3.20. The van der Waals surface area contributed by atoms with E-state index in [1.165, 1.54) is 6.42 Å². The zero-order valence-electron chi connectivity index (χ0n) is 15.2. The van der Waals surface area contributed by atoms with E-state index in [0.29, 0.717) is 18.4 Å². The van der Waals surface area contributed by atoms with E-state index >= 15 is 0 Å². The van der Waals surface area contributed by atoms with Crippen molar-refractivity contribution in [3.05, 3.63) is 29.6 Å². The van der Waals surface area contributed by atoms with E-state index in [0.717, 1.165) is 70.0 Å². The van der Waals surface area contributed by atoms with E-state index in [2.05, 4.69) is 9.88 Å². The molecule has 0 bridgehead atoms. The minimum absolute atomic E-state index is 0.151. The quantitative estimate of drug-likeness (QED) is 0.841. The molecular formula is C20H29N3O2. The van der Waals surface area contributed by atoms with Crippen molar-refractivity contribution in [3.63, 3.8) is 0 Å². The number of hydrogen-bond acceptors (Lipinski definition) is 4. The molecule has 4 rings (SSSR count). The third-order valence-corrected chi connectivity index (χ3v) is 6.10. The highest BCUT2D eigenvalue weighted by Gasteiger charge is 2.48. The van der Waals surface area contributed by atoms with Crippen LogP contribution in [0.4, 0.5) is 0 Å². The normalized spacial score (nSPS) is 30.5. The van der Waals surface area contributed by atoms with Gasteiger partial charge in [0.05, 0.1) is 24.3 Å². The van der Waals surface area contributed by atoms with Gasteiger partial charge < -0.3 is 14.5 Å². The van der Waals surface area contributed by atoms with Crippen LogP contribution < -0.4 is 0 Å². The Morgan fingerprint density at radius 1 is 1.32 bits per heavy atom. The number of ether oxygens (including phenoxy) is 1. The molecule has 5 heteroatoms. The Balaban J connectivity index is 1.40. The molecule has 3 fully saturated rings. The van der Waals surface area contributed by atoms with Crippen molar-refractivity contribution in [2.75, 3.05) is 39.4 Å². The maximum Gasteiger partial charge on any atom is 0.230 e. The standard InChI is InChI=1S/C20H29N3O2/c1-16-4-2-5-18(21-16)13-23-10-8-20(19(23)24)7-3-9-22(15-20)12-17-6-11-25-14-17/h2,4-5,17H,3,6-15H2,1H3/t17-,20-/m0/s1. The second-order valence-electron chi connectivity index (χ2n) is 8.10. The van der Waals surface area contributed by atoms with Crippen LogP contribution in [0.1, 0.15) is 37.1 Å². The lowest BCUT2D eigenvalue weighted by Crippen LogP contribution is -2.49. The van der Waals surface area contributed by atoms with Gasteiger partial charge in [0.15, 0.2) is 0 Å². The molecule has 1 amide bonds. The summed E-state index contributed by atoms with van der Waals surface area (Å²) >= 11 is 0. The van der Waals surface area contributed by atoms with Gasteiger partial charge in [0.1, 0.15) is 0 Å². The van der Waals surface area contributed by atoms with Gasteiger partial charge in [-0.1, -0.05) is 6.07 Å². The van der Waals surface area contributed by atoms with Crippen molar-refractivity contribution in [1.29, 1.82) is 0 Å². The summed E-state index contributed by atoms with van der Waals surface area (Å²) in [6.45, 7) is 8.47. The lowest BCUT2D eigenvalue weighted by molar-refractivity contribution is -0.139. The van der Waals surface area contributed by atoms with Gasteiger partial charge in [-0.3, -0.25) is 9.78 Å². The van der Waals surface area contributed by atoms with Crippen LogP contribution in [0.2, 0.25) is 0 Å². The topological polar surface area (TPSA) is 45.7 Å². The zero-order chi connectivity index (χ0) is 17.3. The monoisotopic (exact) mass is 343 g/mol. The van der Waals surface area contributed by atoms with Gasteiger partial charge in [-0.15, -0.1) is 0 Å². The van der Waals surface area contributed by atoms with E-state index in [1.54, 1.807) is 0 Å². The summed E-state index contributed by atoms with van der Waals surface area (Å²) in [4.78, 5) is 22.3. The number of nitrogens with zero attached hydrogens (tertiary/aromatic N) is 3. The Morgan fingerprint density at radius 2 is 2.24 bits per heavy atom. The number of pyridine rings is 1. The Morgan fingerprint density at radius 3 is 3.04 bits per heavy atom. The van der Waals surface area contributed by atoms with Gasteiger partial charge >= 0.3 is 0 Å². The molecule has 25 heavy (non-hydrogen) atoms. The van der Waals surface area contributed by atoms with Gasteiger partial charge in [-0.2, -0.15) is 0 Å². The van der Waals surface area contributed by atoms with Crippen LogP contribution in [-0.2, 0) is 16.1 Å². The van der Waals surface area contributed by atoms with Gasteiger partial charge in [0.2, 0.25) is 5.91 Å². The molecule has 0 aliphatic carbocycles. The molecule has 3 saturated heterocycles. The number of carbonyl (C=O) groups excluding carboxylic acids is 1. The highest BCUT2D eigenvalue weighted by atomic mass is 16.5. The first-order valence-corrected chi connectivity index (χ1v) is 9.67. The molecular weight excluding hydrogens is 314 g/mol. The summed E-state index contributed by atoms with van der Waals surface area (Å²) in [5.41, 5.74) is 1.87. The minimum atomic E-state index is -0.151. The molecule has 136 valence electrons. The van der Waals surface area contributed by atoms with E-state index < -0.39 is 0 Å². The average molecular weight is 343 g/mol. The fraction of sp³-hybridized carbons (Fsp3) is 0.700. The van der Waals surface area contributed by atoms with E-state index in [1.807, 2.05) is 30.0 Å². The van der Waals surface area contributed by atoms with Gasteiger partial charge in [0.25, 0.3) is 0 Å². The first-order chi connectivity index (χ1) is 12.1. The second-order valence-corrected chi connectivity index (χ2v) is 8.10. The van der Waals surface area contributed by atoms with Crippen molar-refractivity contribution in [3.8, 4) is 0 Å². The van der Waals surface area contributed by atoms with Crippen LogP contribution in [0.25, 0.3) is 0 Å². The molecule has 3 aliphatic heterocycles. The molecule has 1 aromatic heterocycles. The van der Waals surface area contributed by atoms with E-state index in [9.17, 15) is 4.79 Å². The fourth-order valence-corrected chi connectivity index (χ4v) is 4.78. The Hall–Kier alpha value is -1.46. The van der Waals surface area contributed by atoms with Crippen LogP contribution in [0, 0.1) is 18.3 Å². The lowest BCUT2D eigenvalue weighted by atomic mass is 9.78. The van der Waals surface area contributed by atoms with Crippen molar-refractivity contribution in [2.45, 2.75) is 39.2 Å². The minimum Gasteiger partial charge on any atom is -0.381 e. The predicted molar refractivity (Wildman–Crippen MR) is 96.0 cm³/mol. The van der Waals surface area contributed by atoms with Crippen molar-refractivity contribution in [1.82, 2.24) is 14.8 Å². The van der Waals surface area contributed by atoms with Crippen molar-refractivity contribution in [2.24, 2.45) is 11.3 Å². The van der Waals surface area contributed by atoms with E-state index in [4.69, 9.17) is 4.74 Å². The Bertz CT molecular complexity index is 629. The number of piperidine rings is 1. The molecule has 3 aliphatic rings. The number of rotatable bonds is 4. The van der Waals surface area contributed by atoms with Crippen molar-refractivity contribution < 1.29 is 9.53 Å². The molecule has 0 radical (unpaired) electrons. The Kier molecular flexibility index (Phi) is 4.78. The van der Waals surface area contributed by atoms with E-state index in [-0.39, 0.29) is 5.41 Å². The second kappa shape index (κ2) is 7.04. The van der Waals surface area contributed by atoms with Crippen LogP contribution in [0.3, 0.4) is 0 Å². The first-order valence-electron chi connectivity index (χ1n) is 9.67. The molecule has 0 aromatic carbocycles. The lowest BCUT2D eigenvalue weighted by Gasteiger charge is -2.40. The highest BCUT2D eigenvalue weighted by Crippen LogP contribution is 2.41. The summed E-state index contributed by atoms with van der Waals surface area (Å²) in [7, 11) is 0. The van der Waals surface area contributed by atoms with Gasteiger partial charge in [-0.05, 0) is 57.2 Å². The third kappa shape index (κ3) is 3.58. The zero-order valence-corrected chi connectivity index (χ0v) is 15.2. The number of aromatic nitrogens is 1. The van der Waals surface area contributed by atoms with Gasteiger partial charge in [0, 0.05) is 31.9 Å². The molecule has 5 nitrogen and oxygen atoms in total. The smallest absolute Gasteiger partial charge is 0.230 e. The highest BCUT2D eigenvalue weighted by molar-refractivity contribution is 5.85. The van der Waals surface area contributed by atoms with Crippen LogP contribution in [-0.4, -0.2) is 60.1 Å². The largest absolute Gasteiger partial charge is 0.381 e. The molecule has 1 aromatic rings. The van der Waals surface area contributed by atoms with Gasteiger partial charge in [-0.25, -0.2) is 0 Å². The van der Waals surface area contributed by atoms with Crippen molar-refractivity contribution >= 4 is 5.91 Å². The maximum atomic E-state index is 13.2. The summed E-state index contributed by atoms with van der Waals surface area (Å²) in [6.07, 6.45) is 4.34. The summed E-state index contributed by atoms with van der Waals surface area (Å²) < 4.78 is 5.52. The predicted octanol–water partition coefficient (Wildman–Crippen LogP) is 2.24. The maximum absolute atomic E-state index is 13.2. The van der Waals surface area contributed by atoms with Crippen LogP contribution >= 0.6 is 0 Å². The number of aryl methyl sites for hydroxylation is 1. The SMILES string of the molecule is Cc1cccc(CN2CC[C@]3(CCCN(C[C@@H]4CCOC4)C3)C2=O)n1. The molecule has 4 heterocycles. The number of likely N-dealkylation sites (tertiary alicyclic amines) is 2. The number of carbonyl (C=O) groups is 1. The molecule has 0 unspecified atom stereocenters. The van der Waals surface area contributed by atoms with Crippen LogP contribution in [0.15, 0.2) is 18.2 Å². The molecule has 0 saturated carbocycles.